The minimum atomic E-state index is -1.09. The maximum Gasteiger partial charge on any atom is 0.303 e. The van der Waals surface area contributed by atoms with Gasteiger partial charge in [0.05, 0.1) is 6.10 Å². The molecule has 1 saturated heterocycles. The lowest BCUT2D eigenvalue weighted by Crippen LogP contribution is -2.61. The van der Waals surface area contributed by atoms with Crippen LogP contribution in [-0.2, 0) is 42.9 Å². The molecule has 0 saturated carbocycles. The van der Waals surface area contributed by atoms with Crippen LogP contribution in [0.25, 0.3) is 0 Å². The smallest absolute Gasteiger partial charge is 0.303 e. The van der Waals surface area contributed by atoms with E-state index in [9.17, 15) is 19.2 Å². The zero-order valence-corrected chi connectivity index (χ0v) is 14.3. The van der Waals surface area contributed by atoms with Gasteiger partial charge in [-0.05, 0) is 6.92 Å². The van der Waals surface area contributed by atoms with Crippen LogP contribution in [0, 0.1) is 0 Å². The second kappa shape index (κ2) is 8.62. The number of carbonyl (C=O) groups is 4. The van der Waals surface area contributed by atoms with E-state index >= 15 is 0 Å². The Hall–Kier alpha value is -2.16. The minimum Gasteiger partial charge on any atom is -0.463 e. The fraction of sp³-hybridized carbons (Fsp3) is 0.733. The largest absolute Gasteiger partial charge is 0.463 e. The molecule has 24 heavy (non-hydrogen) atoms. The molecule has 0 aromatic heterocycles. The Morgan fingerprint density at radius 2 is 1.21 bits per heavy atom. The van der Waals surface area contributed by atoms with E-state index in [2.05, 4.69) is 0 Å². The van der Waals surface area contributed by atoms with Crippen molar-refractivity contribution >= 4 is 23.9 Å². The number of esters is 4. The Morgan fingerprint density at radius 3 is 1.67 bits per heavy atom. The predicted octanol–water partition coefficient (Wildman–Crippen LogP) is 0.132. The van der Waals surface area contributed by atoms with E-state index in [1.165, 1.54) is 27.7 Å². The summed E-state index contributed by atoms with van der Waals surface area (Å²) in [5, 5.41) is 0. The van der Waals surface area contributed by atoms with Gasteiger partial charge in [0.25, 0.3) is 0 Å². The molecule has 0 aliphatic carbocycles. The van der Waals surface area contributed by atoms with Crippen LogP contribution < -0.4 is 0 Å². The zero-order valence-electron chi connectivity index (χ0n) is 14.3. The van der Waals surface area contributed by atoms with Crippen molar-refractivity contribution in [2.24, 2.45) is 0 Å². The van der Waals surface area contributed by atoms with E-state index in [4.69, 9.17) is 23.7 Å². The second-order valence-corrected chi connectivity index (χ2v) is 5.40. The molecule has 9 nitrogen and oxygen atoms in total. The lowest BCUT2D eigenvalue weighted by molar-refractivity contribution is -0.249. The Labute approximate surface area is 139 Å². The number of carbonyl (C=O) groups excluding carboxylic acids is 4. The molecule has 136 valence electrons. The second-order valence-electron chi connectivity index (χ2n) is 5.40. The molecule has 0 aromatic carbocycles. The SMILES string of the molecule is CC(=O)OC[C@H]1O[C@@H](C)[C@H](OC(C)=O)C(OC(C)=O)[C@@H]1OC(C)=O. The Kier molecular flexibility index (Phi) is 7.15. The first-order valence-electron chi connectivity index (χ1n) is 7.42. The monoisotopic (exact) mass is 346 g/mol. The number of hydrogen-bond acceptors (Lipinski definition) is 9. The normalized spacial score (nSPS) is 29.3. The fourth-order valence-corrected chi connectivity index (χ4v) is 2.44. The fourth-order valence-electron chi connectivity index (χ4n) is 2.44. The van der Waals surface area contributed by atoms with E-state index in [1.54, 1.807) is 6.92 Å². The highest BCUT2D eigenvalue weighted by molar-refractivity contribution is 5.68. The molecule has 0 aromatic rings. The highest BCUT2D eigenvalue weighted by Gasteiger charge is 2.50. The Bertz CT molecular complexity index is 501. The summed E-state index contributed by atoms with van der Waals surface area (Å²) >= 11 is 0. The third-order valence-electron chi connectivity index (χ3n) is 3.22. The molecule has 1 unspecified atom stereocenters. The molecule has 5 atom stereocenters. The summed E-state index contributed by atoms with van der Waals surface area (Å²) in [4.78, 5) is 45.2. The molecule has 9 heteroatoms. The van der Waals surface area contributed by atoms with Crippen LogP contribution in [-0.4, -0.2) is 61.0 Å². The van der Waals surface area contributed by atoms with Crippen LogP contribution in [0.1, 0.15) is 34.6 Å². The maximum absolute atomic E-state index is 11.4. The molecular formula is C15H22O9. The summed E-state index contributed by atoms with van der Waals surface area (Å²) < 4.78 is 26.1. The highest BCUT2D eigenvalue weighted by atomic mass is 16.7. The molecule has 1 aliphatic heterocycles. The van der Waals surface area contributed by atoms with Gasteiger partial charge >= 0.3 is 23.9 Å². The van der Waals surface area contributed by atoms with Crippen LogP contribution in [0.3, 0.4) is 0 Å². The van der Waals surface area contributed by atoms with E-state index in [-0.39, 0.29) is 6.61 Å². The molecule has 1 fully saturated rings. The van der Waals surface area contributed by atoms with Crippen LogP contribution in [0.15, 0.2) is 0 Å². The van der Waals surface area contributed by atoms with Crippen molar-refractivity contribution in [3.63, 3.8) is 0 Å². The van der Waals surface area contributed by atoms with E-state index in [0.29, 0.717) is 0 Å². The molecule has 0 N–H and O–H groups in total. The van der Waals surface area contributed by atoms with Crippen LogP contribution in [0.4, 0.5) is 0 Å². The van der Waals surface area contributed by atoms with Crippen molar-refractivity contribution in [1.82, 2.24) is 0 Å². The lowest BCUT2D eigenvalue weighted by Gasteiger charge is -2.43. The minimum absolute atomic E-state index is 0.206. The van der Waals surface area contributed by atoms with Crippen LogP contribution in [0.5, 0.6) is 0 Å². The molecule has 0 bridgehead atoms. The van der Waals surface area contributed by atoms with E-state index < -0.39 is 54.4 Å². The van der Waals surface area contributed by atoms with Crippen molar-refractivity contribution < 1.29 is 42.9 Å². The Balaban J connectivity index is 3.11. The summed E-state index contributed by atoms with van der Waals surface area (Å²) in [5.74, 6) is -2.44. The van der Waals surface area contributed by atoms with E-state index in [1.807, 2.05) is 0 Å². The summed E-state index contributed by atoms with van der Waals surface area (Å²) in [6.07, 6.45) is -4.69. The molecule has 1 heterocycles. The quantitative estimate of drug-likeness (QED) is 0.506. The van der Waals surface area contributed by atoms with Crippen molar-refractivity contribution in [2.75, 3.05) is 6.61 Å². The summed E-state index contributed by atoms with van der Waals surface area (Å²) in [6.45, 7) is 6.17. The van der Waals surface area contributed by atoms with E-state index in [0.717, 1.165) is 0 Å². The first kappa shape index (κ1) is 19.9. The summed E-state index contributed by atoms with van der Waals surface area (Å²) in [5.41, 5.74) is 0. The predicted molar refractivity (Wildman–Crippen MR) is 77.6 cm³/mol. The van der Waals surface area contributed by atoms with Crippen molar-refractivity contribution in [2.45, 2.75) is 65.1 Å². The highest BCUT2D eigenvalue weighted by Crippen LogP contribution is 2.28. The van der Waals surface area contributed by atoms with Crippen LogP contribution >= 0.6 is 0 Å². The third-order valence-corrected chi connectivity index (χ3v) is 3.22. The van der Waals surface area contributed by atoms with Crippen molar-refractivity contribution in [3.05, 3.63) is 0 Å². The molecule has 1 rings (SSSR count). The van der Waals surface area contributed by atoms with Gasteiger partial charge in [-0.1, -0.05) is 0 Å². The third kappa shape index (κ3) is 5.80. The molecule has 1 aliphatic rings. The molecule has 0 amide bonds. The summed E-state index contributed by atoms with van der Waals surface area (Å²) in [7, 11) is 0. The number of rotatable bonds is 5. The zero-order chi connectivity index (χ0) is 18.4. The van der Waals surface area contributed by atoms with Crippen molar-refractivity contribution in [1.29, 1.82) is 0 Å². The van der Waals surface area contributed by atoms with Crippen LogP contribution in [0.2, 0.25) is 0 Å². The number of hydrogen-bond donors (Lipinski definition) is 0. The van der Waals surface area contributed by atoms with Gasteiger partial charge in [0.2, 0.25) is 0 Å². The van der Waals surface area contributed by atoms with Gasteiger partial charge in [0.1, 0.15) is 12.7 Å². The lowest BCUT2D eigenvalue weighted by atomic mass is 9.95. The first-order chi connectivity index (χ1) is 11.1. The van der Waals surface area contributed by atoms with Gasteiger partial charge in [0.15, 0.2) is 18.3 Å². The average Bonchev–Trinajstić information content (AvgIpc) is 2.42. The number of ether oxygens (including phenoxy) is 5. The molecule has 0 radical (unpaired) electrons. The molecular weight excluding hydrogens is 324 g/mol. The van der Waals surface area contributed by atoms with Gasteiger partial charge in [-0.3, -0.25) is 19.2 Å². The Morgan fingerprint density at radius 1 is 0.750 bits per heavy atom. The maximum atomic E-state index is 11.4. The standard InChI is InChI=1S/C15H22O9/c1-7-13(22-9(3)17)15(24-11(5)19)14(23-10(4)18)12(21-7)6-20-8(2)16/h7,12-15H,6H2,1-5H3/t7-,12+,13-,14+,15?/m0/s1. The van der Waals surface area contributed by atoms with Gasteiger partial charge in [-0.15, -0.1) is 0 Å². The van der Waals surface area contributed by atoms with Gasteiger partial charge in [-0.2, -0.15) is 0 Å². The van der Waals surface area contributed by atoms with Gasteiger partial charge in [-0.25, -0.2) is 0 Å². The average molecular weight is 346 g/mol. The first-order valence-corrected chi connectivity index (χ1v) is 7.42. The molecule has 0 spiro atoms. The van der Waals surface area contributed by atoms with Gasteiger partial charge < -0.3 is 23.7 Å². The topological polar surface area (TPSA) is 114 Å². The van der Waals surface area contributed by atoms with Gasteiger partial charge in [0, 0.05) is 27.7 Å². The summed E-state index contributed by atoms with van der Waals surface area (Å²) in [6, 6.07) is 0. The van der Waals surface area contributed by atoms with Crippen molar-refractivity contribution in [3.8, 4) is 0 Å².